The van der Waals surface area contributed by atoms with Crippen LogP contribution < -0.4 is 5.32 Å². The Hall–Kier alpha value is -2.79. The molecule has 1 aliphatic rings. The summed E-state index contributed by atoms with van der Waals surface area (Å²) in [6.07, 6.45) is 0.141. The number of nitrogens with zero attached hydrogens (tertiary/aromatic N) is 2. The van der Waals surface area contributed by atoms with Gasteiger partial charge in [-0.3, -0.25) is 4.79 Å². The minimum absolute atomic E-state index is 0.0757. The highest BCUT2D eigenvalue weighted by Crippen LogP contribution is 2.30. The van der Waals surface area contributed by atoms with Gasteiger partial charge in [0.1, 0.15) is 17.0 Å². The molecule has 1 amide bonds. The van der Waals surface area contributed by atoms with Gasteiger partial charge in [-0.1, -0.05) is 16.4 Å². The largest absolute Gasteiger partial charge is 0.389 e. The number of hydrogen-bond acceptors (Lipinski definition) is 8. The van der Waals surface area contributed by atoms with Gasteiger partial charge in [-0.05, 0) is 31.4 Å². The zero-order valence-electron chi connectivity index (χ0n) is 15.4. The third-order valence-electron chi connectivity index (χ3n) is 4.28. The van der Waals surface area contributed by atoms with Crippen molar-refractivity contribution in [3.63, 3.8) is 0 Å². The van der Waals surface area contributed by atoms with Gasteiger partial charge >= 0.3 is 0 Å². The Balaban J connectivity index is 1.63. The molecule has 1 N–H and O–H groups in total. The van der Waals surface area contributed by atoms with E-state index >= 15 is 0 Å². The first-order chi connectivity index (χ1) is 13.6. The monoisotopic (exact) mass is 437 g/mol. The third-order valence-corrected chi connectivity index (χ3v) is 6.74. The van der Waals surface area contributed by atoms with Crippen molar-refractivity contribution >= 4 is 48.8 Å². The lowest BCUT2D eigenvalue weighted by Gasteiger charge is -2.13. The summed E-state index contributed by atoms with van der Waals surface area (Å²) in [5.74, 6) is -1.67. The van der Waals surface area contributed by atoms with E-state index in [1.54, 1.807) is 31.4 Å². The van der Waals surface area contributed by atoms with Crippen molar-refractivity contribution in [2.75, 3.05) is 5.32 Å². The topological polar surface area (TPSA) is 111 Å². The van der Waals surface area contributed by atoms with E-state index in [2.05, 4.69) is 15.6 Å². The van der Waals surface area contributed by atoms with Crippen molar-refractivity contribution < 1.29 is 27.0 Å². The molecule has 0 bridgehead atoms. The Morgan fingerprint density at radius 1 is 1.38 bits per heavy atom. The number of hydrogen-bond donors (Lipinski definition) is 1. The van der Waals surface area contributed by atoms with Crippen LogP contribution >= 0.6 is 11.3 Å². The standard InChI is InChI=1S/C18H16FN3O5S2/c1-18(2)8-16(22-27-18)29(24,25)9-13-10-6-12(11(19)7-14(10)26-21-13)20-17(23)15-4-3-5-28-15/h3-7H,8-9H2,1-2H3,(H,20,23). The molecule has 2 aromatic heterocycles. The van der Waals surface area contributed by atoms with Crippen LogP contribution in [0.3, 0.4) is 0 Å². The number of rotatable bonds is 4. The fraction of sp³-hybridized carbons (Fsp3) is 0.278. The molecule has 1 aliphatic heterocycles. The van der Waals surface area contributed by atoms with Crippen molar-refractivity contribution in [1.29, 1.82) is 0 Å². The molecular formula is C18H16FN3O5S2. The Morgan fingerprint density at radius 3 is 2.83 bits per heavy atom. The molecule has 0 saturated heterocycles. The highest BCUT2D eigenvalue weighted by Gasteiger charge is 2.36. The van der Waals surface area contributed by atoms with Gasteiger partial charge in [-0.25, -0.2) is 12.8 Å². The van der Waals surface area contributed by atoms with Gasteiger partial charge in [0.05, 0.1) is 10.6 Å². The van der Waals surface area contributed by atoms with E-state index in [1.165, 1.54) is 17.4 Å². The molecule has 29 heavy (non-hydrogen) atoms. The molecule has 3 aromatic rings. The van der Waals surface area contributed by atoms with Crippen LogP contribution in [0.2, 0.25) is 0 Å². The summed E-state index contributed by atoms with van der Waals surface area (Å²) >= 11 is 1.22. The fourth-order valence-corrected chi connectivity index (χ4v) is 4.91. The molecule has 0 spiro atoms. The molecule has 0 saturated carbocycles. The number of amides is 1. The van der Waals surface area contributed by atoms with Gasteiger partial charge in [-0.15, -0.1) is 11.3 Å². The van der Waals surface area contributed by atoms with E-state index in [0.717, 1.165) is 6.07 Å². The Bertz CT molecular complexity index is 1230. The Morgan fingerprint density at radius 2 is 2.17 bits per heavy atom. The normalized spacial score (nSPS) is 15.9. The van der Waals surface area contributed by atoms with E-state index in [4.69, 9.17) is 9.36 Å². The van der Waals surface area contributed by atoms with Crippen molar-refractivity contribution in [2.24, 2.45) is 5.16 Å². The van der Waals surface area contributed by atoms with Crippen LogP contribution in [0.1, 0.15) is 35.6 Å². The van der Waals surface area contributed by atoms with Crippen LogP contribution in [0.15, 0.2) is 39.3 Å². The maximum absolute atomic E-state index is 14.3. The van der Waals surface area contributed by atoms with Gasteiger partial charge < -0.3 is 14.7 Å². The average Bonchev–Trinajstić information content (AvgIpc) is 3.36. The first-order valence-corrected chi connectivity index (χ1v) is 11.1. The third kappa shape index (κ3) is 3.87. The number of halogens is 1. The van der Waals surface area contributed by atoms with Crippen molar-refractivity contribution in [3.8, 4) is 0 Å². The quantitative estimate of drug-likeness (QED) is 0.666. The fourth-order valence-electron chi connectivity index (χ4n) is 2.83. The predicted octanol–water partition coefficient (Wildman–Crippen LogP) is 3.71. The van der Waals surface area contributed by atoms with Crippen molar-refractivity contribution in [1.82, 2.24) is 5.16 Å². The number of thiophene rings is 1. The number of anilines is 1. The molecule has 3 heterocycles. The summed E-state index contributed by atoms with van der Waals surface area (Å²) < 4.78 is 44.8. The van der Waals surface area contributed by atoms with Crippen molar-refractivity contribution in [2.45, 2.75) is 31.6 Å². The SMILES string of the molecule is CC1(C)CC(S(=O)(=O)Cc2noc3cc(F)c(NC(=O)c4cccs4)cc23)=NO1. The maximum atomic E-state index is 14.3. The second kappa shape index (κ2) is 6.92. The van der Waals surface area contributed by atoms with E-state index in [1.807, 2.05) is 0 Å². The van der Waals surface area contributed by atoms with Crippen LogP contribution in [-0.4, -0.2) is 30.1 Å². The number of benzene rings is 1. The van der Waals surface area contributed by atoms with Gasteiger partial charge in [0.15, 0.2) is 16.4 Å². The van der Waals surface area contributed by atoms with Gasteiger partial charge in [0.2, 0.25) is 9.84 Å². The molecular weight excluding hydrogens is 421 g/mol. The van der Waals surface area contributed by atoms with Crippen LogP contribution in [0.5, 0.6) is 0 Å². The molecule has 4 rings (SSSR count). The Kier molecular flexibility index (Phi) is 4.66. The van der Waals surface area contributed by atoms with Gasteiger partial charge in [-0.2, -0.15) is 0 Å². The highest BCUT2D eigenvalue weighted by atomic mass is 32.2. The lowest BCUT2D eigenvalue weighted by molar-refractivity contribution is 0.0123. The summed E-state index contributed by atoms with van der Waals surface area (Å²) in [4.78, 5) is 17.8. The molecule has 0 aliphatic carbocycles. The lowest BCUT2D eigenvalue weighted by atomic mass is 10.1. The molecule has 11 heteroatoms. The lowest BCUT2D eigenvalue weighted by Crippen LogP contribution is -2.23. The number of carbonyl (C=O) groups excluding carboxylic acids is 1. The zero-order chi connectivity index (χ0) is 20.8. The minimum atomic E-state index is -3.80. The number of aromatic nitrogens is 1. The first-order valence-electron chi connectivity index (χ1n) is 8.55. The average molecular weight is 437 g/mol. The molecule has 1 aromatic carbocycles. The summed E-state index contributed by atoms with van der Waals surface area (Å²) in [6.45, 7) is 3.46. The second-order valence-corrected chi connectivity index (χ2v) is 10.1. The van der Waals surface area contributed by atoms with E-state index in [0.29, 0.717) is 4.88 Å². The van der Waals surface area contributed by atoms with E-state index in [-0.39, 0.29) is 33.8 Å². The summed E-state index contributed by atoms with van der Waals surface area (Å²) in [6, 6.07) is 5.69. The highest BCUT2D eigenvalue weighted by molar-refractivity contribution is 8.05. The number of sulfone groups is 1. The molecule has 0 unspecified atom stereocenters. The second-order valence-electron chi connectivity index (χ2n) is 7.16. The summed E-state index contributed by atoms with van der Waals surface area (Å²) in [7, 11) is -3.80. The number of fused-ring (bicyclic) bond motifs is 1. The van der Waals surface area contributed by atoms with Gasteiger partial charge in [0.25, 0.3) is 5.91 Å². The first kappa shape index (κ1) is 19.5. The molecule has 0 fully saturated rings. The maximum Gasteiger partial charge on any atom is 0.265 e. The molecule has 152 valence electrons. The minimum Gasteiger partial charge on any atom is -0.389 e. The Labute approximate surface area is 169 Å². The number of carbonyl (C=O) groups is 1. The van der Waals surface area contributed by atoms with Crippen LogP contribution in [0.25, 0.3) is 11.0 Å². The molecule has 0 atom stereocenters. The van der Waals surface area contributed by atoms with Crippen LogP contribution in [0.4, 0.5) is 10.1 Å². The smallest absolute Gasteiger partial charge is 0.265 e. The van der Waals surface area contributed by atoms with Crippen LogP contribution in [0, 0.1) is 5.82 Å². The summed E-state index contributed by atoms with van der Waals surface area (Å²) in [5, 5.41) is 11.9. The predicted molar refractivity (Wildman–Crippen MR) is 106 cm³/mol. The van der Waals surface area contributed by atoms with Crippen LogP contribution in [-0.2, 0) is 20.4 Å². The number of nitrogens with one attached hydrogen (secondary N) is 1. The molecule has 8 nitrogen and oxygen atoms in total. The van der Waals surface area contributed by atoms with E-state index in [9.17, 15) is 17.6 Å². The van der Waals surface area contributed by atoms with E-state index < -0.39 is 32.9 Å². The summed E-state index contributed by atoms with van der Waals surface area (Å²) in [5.41, 5.74) is -0.623. The number of oxime groups is 1. The van der Waals surface area contributed by atoms with Gasteiger partial charge in [0, 0.05) is 17.9 Å². The molecule has 0 radical (unpaired) electrons. The van der Waals surface area contributed by atoms with Crippen molar-refractivity contribution in [3.05, 3.63) is 46.0 Å². The zero-order valence-corrected chi connectivity index (χ0v) is 17.1.